The summed E-state index contributed by atoms with van der Waals surface area (Å²) in [5.74, 6) is 1.47. The number of nitrogens with zero attached hydrogens (tertiary/aromatic N) is 1. The number of aromatic nitrogens is 1. The quantitative estimate of drug-likeness (QED) is 0.565. The fourth-order valence-electron chi connectivity index (χ4n) is 4.04. The van der Waals surface area contributed by atoms with E-state index in [9.17, 15) is 4.79 Å². The Kier molecular flexibility index (Phi) is 5.31. The highest BCUT2D eigenvalue weighted by Crippen LogP contribution is 2.40. The molecule has 0 spiro atoms. The molecule has 0 fully saturated rings. The van der Waals surface area contributed by atoms with E-state index in [1.807, 2.05) is 30.2 Å². The summed E-state index contributed by atoms with van der Waals surface area (Å²) in [7, 11) is 1.66. The third kappa shape index (κ3) is 3.37. The van der Waals surface area contributed by atoms with Crippen molar-refractivity contribution in [1.29, 1.82) is 0 Å². The van der Waals surface area contributed by atoms with Crippen LogP contribution in [0.15, 0.2) is 41.0 Å². The molecule has 1 aliphatic heterocycles. The lowest BCUT2D eigenvalue weighted by molar-refractivity contribution is -0.120. The molecule has 4 rings (SSSR count). The number of carbonyl (C=O) groups is 1. The maximum Gasteiger partial charge on any atom is 0.210 e. The molecule has 146 valence electrons. The van der Waals surface area contributed by atoms with E-state index in [0.29, 0.717) is 13.2 Å². The SMILES string of the molecule is CCOc1cc2c(cc1OC)CCN(C=O)[C@H]2Cc1c[nH]c2ccc(Br)cc12. The highest BCUT2D eigenvalue weighted by Gasteiger charge is 2.29. The zero-order chi connectivity index (χ0) is 19.7. The van der Waals surface area contributed by atoms with Crippen molar-refractivity contribution in [3.63, 3.8) is 0 Å². The van der Waals surface area contributed by atoms with E-state index >= 15 is 0 Å². The maximum absolute atomic E-state index is 11.8. The van der Waals surface area contributed by atoms with Crippen molar-refractivity contribution in [3.05, 3.63) is 57.7 Å². The van der Waals surface area contributed by atoms with Crippen molar-refractivity contribution in [3.8, 4) is 11.5 Å². The first kappa shape index (κ1) is 18.9. The number of carbonyl (C=O) groups excluding carboxylic acids is 1. The van der Waals surface area contributed by atoms with Gasteiger partial charge in [-0.15, -0.1) is 0 Å². The van der Waals surface area contributed by atoms with Gasteiger partial charge in [-0.25, -0.2) is 0 Å². The van der Waals surface area contributed by atoms with Crippen LogP contribution in [0.4, 0.5) is 0 Å². The Balaban J connectivity index is 1.77. The van der Waals surface area contributed by atoms with E-state index in [4.69, 9.17) is 9.47 Å². The fourth-order valence-corrected chi connectivity index (χ4v) is 4.40. The second kappa shape index (κ2) is 7.87. The molecule has 1 atom stereocenters. The molecular weight excluding hydrogens is 420 g/mol. The predicted octanol–water partition coefficient (Wildman–Crippen LogP) is 4.64. The molecule has 0 unspecified atom stereocenters. The van der Waals surface area contributed by atoms with Crippen LogP contribution in [0.1, 0.15) is 29.7 Å². The number of hydrogen-bond acceptors (Lipinski definition) is 3. The number of fused-ring (bicyclic) bond motifs is 2. The number of methoxy groups -OCH3 is 1. The molecule has 1 aliphatic rings. The summed E-state index contributed by atoms with van der Waals surface area (Å²) in [5, 5.41) is 1.17. The van der Waals surface area contributed by atoms with Gasteiger partial charge in [0.25, 0.3) is 0 Å². The molecule has 2 heterocycles. The minimum Gasteiger partial charge on any atom is -0.493 e. The molecule has 6 heteroatoms. The number of H-pyrrole nitrogens is 1. The molecule has 0 aliphatic carbocycles. The van der Waals surface area contributed by atoms with Gasteiger partial charge in [0.1, 0.15) is 0 Å². The van der Waals surface area contributed by atoms with Crippen LogP contribution in [0.25, 0.3) is 10.9 Å². The van der Waals surface area contributed by atoms with Crippen LogP contribution < -0.4 is 9.47 Å². The summed E-state index contributed by atoms with van der Waals surface area (Å²) < 4.78 is 12.3. The Morgan fingerprint density at radius 2 is 2.14 bits per heavy atom. The lowest BCUT2D eigenvalue weighted by Gasteiger charge is -2.35. The predicted molar refractivity (Wildman–Crippen MR) is 113 cm³/mol. The summed E-state index contributed by atoms with van der Waals surface area (Å²) in [6, 6.07) is 10.3. The summed E-state index contributed by atoms with van der Waals surface area (Å²) in [4.78, 5) is 17.0. The van der Waals surface area contributed by atoms with Crippen LogP contribution in [0.3, 0.4) is 0 Å². The first-order valence-corrected chi connectivity index (χ1v) is 10.2. The van der Waals surface area contributed by atoms with E-state index in [1.165, 1.54) is 16.5 Å². The maximum atomic E-state index is 11.8. The summed E-state index contributed by atoms with van der Waals surface area (Å²) in [6.07, 6.45) is 4.55. The number of benzene rings is 2. The minimum atomic E-state index is -0.0376. The van der Waals surface area contributed by atoms with Gasteiger partial charge >= 0.3 is 0 Å². The second-order valence-corrected chi connectivity index (χ2v) is 7.87. The number of halogens is 1. The normalized spacial score (nSPS) is 16.1. The molecule has 3 aromatic rings. The number of nitrogens with one attached hydrogen (secondary N) is 1. The van der Waals surface area contributed by atoms with Gasteiger partial charge in [-0.1, -0.05) is 15.9 Å². The third-order valence-electron chi connectivity index (χ3n) is 5.40. The number of hydrogen-bond donors (Lipinski definition) is 1. The number of amides is 1. The zero-order valence-corrected chi connectivity index (χ0v) is 17.6. The van der Waals surface area contributed by atoms with Crippen molar-refractivity contribution in [2.45, 2.75) is 25.8 Å². The molecule has 0 radical (unpaired) electrons. The molecule has 5 nitrogen and oxygen atoms in total. The molecule has 1 amide bonds. The Morgan fingerprint density at radius 1 is 1.29 bits per heavy atom. The minimum absolute atomic E-state index is 0.0376. The smallest absolute Gasteiger partial charge is 0.210 e. The van der Waals surface area contributed by atoms with Gasteiger partial charge in [0.05, 0.1) is 19.8 Å². The standard InChI is InChI=1S/C22H23BrN2O3/c1-3-28-22-11-18-14(9-21(22)27-2)6-7-25(13-26)20(18)8-15-12-24-19-5-4-16(23)10-17(15)19/h4-5,9-13,20,24H,3,6-8H2,1-2H3/t20-/m0/s1. The largest absolute Gasteiger partial charge is 0.493 e. The molecule has 0 saturated heterocycles. The van der Waals surface area contributed by atoms with Gasteiger partial charge in [0, 0.05) is 28.1 Å². The second-order valence-electron chi connectivity index (χ2n) is 6.95. The fraction of sp³-hybridized carbons (Fsp3) is 0.318. The lowest BCUT2D eigenvalue weighted by Crippen LogP contribution is -2.35. The van der Waals surface area contributed by atoms with Crippen molar-refractivity contribution in [1.82, 2.24) is 9.88 Å². The van der Waals surface area contributed by atoms with Gasteiger partial charge < -0.3 is 19.4 Å². The molecule has 2 aromatic carbocycles. The monoisotopic (exact) mass is 442 g/mol. The first-order chi connectivity index (χ1) is 13.6. The topological polar surface area (TPSA) is 54.6 Å². The van der Waals surface area contributed by atoms with Crippen LogP contribution >= 0.6 is 15.9 Å². The Hall–Kier alpha value is -2.47. The van der Waals surface area contributed by atoms with Gasteiger partial charge in [0.15, 0.2) is 11.5 Å². The van der Waals surface area contributed by atoms with E-state index in [1.54, 1.807) is 7.11 Å². The van der Waals surface area contributed by atoms with Gasteiger partial charge in [0.2, 0.25) is 6.41 Å². The van der Waals surface area contributed by atoms with Crippen LogP contribution in [-0.2, 0) is 17.6 Å². The molecule has 1 aromatic heterocycles. The zero-order valence-electron chi connectivity index (χ0n) is 16.0. The van der Waals surface area contributed by atoms with Gasteiger partial charge in [-0.2, -0.15) is 0 Å². The van der Waals surface area contributed by atoms with Crippen LogP contribution in [0.5, 0.6) is 11.5 Å². The molecule has 28 heavy (non-hydrogen) atoms. The van der Waals surface area contributed by atoms with Crippen molar-refractivity contribution in [2.75, 3.05) is 20.3 Å². The molecule has 1 N–H and O–H groups in total. The first-order valence-electron chi connectivity index (χ1n) is 9.44. The van der Waals surface area contributed by atoms with Crippen LogP contribution in [0.2, 0.25) is 0 Å². The summed E-state index contributed by atoms with van der Waals surface area (Å²) in [6.45, 7) is 3.22. The Labute approximate surface area is 172 Å². The Bertz CT molecular complexity index is 1010. The molecule has 0 bridgehead atoms. The van der Waals surface area contributed by atoms with Crippen molar-refractivity contribution in [2.24, 2.45) is 0 Å². The molecule has 0 saturated carbocycles. The van der Waals surface area contributed by atoms with E-state index in [-0.39, 0.29) is 6.04 Å². The van der Waals surface area contributed by atoms with Crippen molar-refractivity contribution < 1.29 is 14.3 Å². The van der Waals surface area contributed by atoms with Crippen molar-refractivity contribution >= 4 is 33.2 Å². The molecular formula is C22H23BrN2O3. The van der Waals surface area contributed by atoms with Gasteiger partial charge in [-0.05, 0) is 66.8 Å². The highest BCUT2D eigenvalue weighted by molar-refractivity contribution is 9.10. The third-order valence-corrected chi connectivity index (χ3v) is 5.90. The van der Waals surface area contributed by atoms with Gasteiger partial charge in [-0.3, -0.25) is 4.79 Å². The average Bonchev–Trinajstić information content (AvgIpc) is 3.10. The number of aromatic amines is 1. The van der Waals surface area contributed by atoms with Crippen LogP contribution in [0, 0.1) is 0 Å². The summed E-state index contributed by atoms with van der Waals surface area (Å²) >= 11 is 3.56. The van der Waals surface area contributed by atoms with E-state index < -0.39 is 0 Å². The van der Waals surface area contributed by atoms with Crippen LogP contribution in [-0.4, -0.2) is 36.6 Å². The lowest BCUT2D eigenvalue weighted by atomic mass is 9.88. The number of rotatable bonds is 6. The Morgan fingerprint density at radius 3 is 2.89 bits per heavy atom. The van der Waals surface area contributed by atoms with E-state index in [0.717, 1.165) is 46.3 Å². The highest BCUT2D eigenvalue weighted by atomic mass is 79.9. The van der Waals surface area contributed by atoms with E-state index in [2.05, 4.69) is 39.1 Å². The average molecular weight is 443 g/mol. The number of ether oxygens (including phenoxy) is 2. The summed E-state index contributed by atoms with van der Waals surface area (Å²) in [5.41, 5.74) is 4.63.